The van der Waals surface area contributed by atoms with E-state index in [4.69, 9.17) is 21.4 Å². The highest BCUT2D eigenvalue weighted by molar-refractivity contribution is 6.30. The summed E-state index contributed by atoms with van der Waals surface area (Å²) in [5.74, 6) is -0.0282. The van der Waals surface area contributed by atoms with Crippen LogP contribution < -0.4 is 0 Å². The Balaban J connectivity index is 1.38. The van der Waals surface area contributed by atoms with Crippen molar-refractivity contribution in [2.45, 2.75) is 52.0 Å². The van der Waals surface area contributed by atoms with Gasteiger partial charge < -0.3 is 9.64 Å². The number of amides is 2. The zero-order chi connectivity index (χ0) is 27.4. The van der Waals surface area contributed by atoms with Crippen molar-refractivity contribution < 1.29 is 14.3 Å². The first-order valence-corrected chi connectivity index (χ1v) is 14.6. The molecule has 1 aliphatic carbocycles. The third kappa shape index (κ3) is 6.71. The van der Waals surface area contributed by atoms with E-state index in [2.05, 4.69) is 36.9 Å². The van der Waals surface area contributed by atoms with E-state index in [1.54, 1.807) is 9.91 Å². The first-order chi connectivity index (χ1) is 18.9. The first kappa shape index (κ1) is 27.8. The van der Waals surface area contributed by atoms with Crippen LogP contribution in [0.1, 0.15) is 60.4 Å². The molecule has 3 aliphatic rings. The van der Waals surface area contributed by atoms with Crippen LogP contribution in [0.25, 0.3) is 0 Å². The van der Waals surface area contributed by atoms with Gasteiger partial charge in [-0.25, -0.2) is 5.01 Å². The number of carbonyl (C=O) groups excluding carboxylic acids is 2. The van der Waals surface area contributed by atoms with Crippen LogP contribution in [-0.2, 0) is 14.3 Å². The SMILES string of the molecule is Cc1ccc(C2=NN(C(=O)CN(CCN3CCOCC3)C(=O)C3CCCC3)[C@H](c3ccc(Cl)cc3)C2)cc1C. The van der Waals surface area contributed by atoms with Crippen molar-refractivity contribution in [3.8, 4) is 0 Å². The van der Waals surface area contributed by atoms with Gasteiger partial charge in [-0.15, -0.1) is 0 Å². The number of ether oxygens (including phenoxy) is 1. The second-order valence-corrected chi connectivity index (χ2v) is 11.5. The highest BCUT2D eigenvalue weighted by Gasteiger charge is 2.36. The highest BCUT2D eigenvalue weighted by Crippen LogP contribution is 2.34. The lowest BCUT2D eigenvalue weighted by atomic mass is 9.96. The number of carbonyl (C=O) groups is 2. The van der Waals surface area contributed by atoms with Gasteiger partial charge in [0.25, 0.3) is 5.91 Å². The summed E-state index contributed by atoms with van der Waals surface area (Å²) in [5.41, 5.74) is 5.31. The first-order valence-electron chi connectivity index (χ1n) is 14.2. The van der Waals surface area contributed by atoms with Crippen molar-refractivity contribution >= 4 is 29.1 Å². The molecule has 0 radical (unpaired) electrons. The fourth-order valence-electron chi connectivity index (χ4n) is 5.80. The number of hydrazone groups is 1. The second-order valence-electron chi connectivity index (χ2n) is 11.1. The largest absolute Gasteiger partial charge is 0.379 e. The van der Waals surface area contributed by atoms with E-state index >= 15 is 0 Å². The molecule has 0 spiro atoms. The van der Waals surface area contributed by atoms with Gasteiger partial charge in [0, 0.05) is 43.5 Å². The molecule has 2 heterocycles. The molecule has 1 saturated heterocycles. The lowest BCUT2D eigenvalue weighted by Gasteiger charge is -2.32. The van der Waals surface area contributed by atoms with Crippen LogP contribution in [0.3, 0.4) is 0 Å². The molecule has 0 N–H and O–H groups in total. The molecule has 0 bridgehead atoms. The topological polar surface area (TPSA) is 65.5 Å². The van der Waals surface area contributed by atoms with Crippen molar-refractivity contribution in [2.75, 3.05) is 45.9 Å². The van der Waals surface area contributed by atoms with Crippen LogP contribution in [0.5, 0.6) is 0 Å². The van der Waals surface area contributed by atoms with Crippen molar-refractivity contribution in [3.05, 3.63) is 69.7 Å². The van der Waals surface area contributed by atoms with Gasteiger partial charge in [-0.2, -0.15) is 5.10 Å². The van der Waals surface area contributed by atoms with E-state index in [0.717, 1.165) is 62.2 Å². The Kier molecular flexibility index (Phi) is 9.00. The van der Waals surface area contributed by atoms with Crippen LogP contribution in [0.4, 0.5) is 0 Å². The summed E-state index contributed by atoms with van der Waals surface area (Å²) >= 11 is 6.17. The quantitative estimate of drug-likeness (QED) is 0.465. The van der Waals surface area contributed by atoms with Gasteiger partial charge in [0.15, 0.2) is 0 Å². The third-order valence-corrected chi connectivity index (χ3v) is 8.64. The number of hydrogen-bond donors (Lipinski definition) is 0. The van der Waals surface area contributed by atoms with Crippen molar-refractivity contribution in [1.29, 1.82) is 0 Å². The Morgan fingerprint density at radius 2 is 1.74 bits per heavy atom. The van der Waals surface area contributed by atoms with E-state index in [9.17, 15) is 9.59 Å². The summed E-state index contributed by atoms with van der Waals surface area (Å²) in [6.45, 7) is 8.63. The van der Waals surface area contributed by atoms with Gasteiger partial charge in [-0.3, -0.25) is 14.5 Å². The Morgan fingerprint density at radius 1 is 1.03 bits per heavy atom. The van der Waals surface area contributed by atoms with Gasteiger partial charge in [0.1, 0.15) is 6.54 Å². The number of rotatable bonds is 8. The lowest BCUT2D eigenvalue weighted by Crippen LogP contribution is -2.47. The van der Waals surface area contributed by atoms with E-state index < -0.39 is 0 Å². The molecule has 2 aliphatic heterocycles. The van der Waals surface area contributed by atoms with Gasteiger partial charge >= 0.3 is 0 Å². The second kappa shape index (κ2) is 12.6. The number of hydrogen-bond acceptors (Lipinski definition) is 5. The molecule has 0 aromatic heterocycles. The lowest BCUT2D eigenvalue weighted by molar-refractivity contribution is -0.144. The fraction of sp³-hybridized carbons (Fsp3) is 0.516. The maximum atomic E-state index is 13.9. The average molecular weight is 551 g/mol. The molecule has 1 atom stereocenters. The molecule has 2 amide bonds. The van der Waals surface area contributed by atoms with E-state index in [1.807, 2.05) is 24.3 Å². The molecule has 8 heteroatoms. The van der Waals surface area contributed by atoms with Crippen LogP contribution in [0, 0.1) is 19.8 Å². The van der Waals surface area contributed by atoms with Gasteiger partial charge in [-0.05, 0) is 67.1 Å². The molecule has 7 nitrogen and oxygen atoms in total. The average Bonchev–Trinajstić information content (AvgIpc) is 3.64. The number of morpholine rings is 1. The zero-order valence-electron chi connectivity index (χ0n) is 23.1. The van der Waals surface area contributed by atoms with E-state index in [0.29, 0.717) is 31.2 Å². The molecule has 2 aromatic carbocycles. The van der Waals surface area contributed by atoms with E-state index in [-0.39, 0.29) is 30.3 Å². The normalized spacial score (nSPS) is 20.3. The molecule has 39 heavy (non-hydrogen) atoms. The smallest absolute Gasteiger partial charge is 0.262 e. The summed E-state index contributed by atoms with van der Waals surface area (Å²) in [7, 11) is 0. The van der Waals surface area contributed by atoms with Gasteiger partial charge in [-0.1, -0.05) is 48.7 Å². The van der Waals surface area contributed by atoms with Crippen molar-refractivity contribution in [3.63, 3.8) is 0 Å². The molecule has 2 fully saturated rings. The molecule has 1 saturated carbocycles. The molecule has 208 valence electrons. The predicted octanol–water partition coefficient (Wildman–Crippen LogP) is 4.99. The van der Waals surface area contributed by atoms with Crippen molar-refractivity contribution in [1.82, 2.24) is 14.8 Å². The number of benzene rings is 2. The Bertz CT molecular complexity index is 1200. The maximum Gasteiger partial charge on any atom is 0.262 e. The maximum absolute atomic E-state index is 13.9. The molecular weight excluding hydrogens is 512 g/mol. The summed E-state index contributed by atoms with van der Waals surface area (Å²) in [4.78, 5) is 31.6. The fourth-order valence-corrected chi connectivity index (χ4v) is 5.93. The Labute approximate surface area is 236 Å². The van der Waals surface area contributed by atoms with Crippen LogP contribution in [0.2, 0.25) is 5.02 Å². The Morgan fingerprint density at radius 3 is 2.44 bits per heavy atom. The number of aryl methyl sites for hydroxylation is 2. The predicted molar refractivity (Wildman–Crippen MR) is 154 cm³/mol. The van der Waals surface area contributed by atoms with Gasteiger partial charge in [0.2, 0.25) is 5.91 Å². The zero-order valence-corrected chi connectivity index (χ0v) is 23.8. The minimum Gasteiger partial charge on any atom is -0.379 e. The van der Waals surface area contributed by atoms with Crippen LogP contribution in [-0.4, -0.2) is 78.3 Å². The summed E-state index contributed by atoms with van der Waals surface area (Å²) in [5, 5.41) is 7.13. The highest BCUT2D eigenvalue weighted by atomic mass is 35.5. The molecule has 2 aromatic rings. The number of nitrogens with zero attached hydrogens (tertiary/aromatic N) is 4. The monoisotopic (exact) mass is 550 g/mol. The van der Waals surface area contributed by atoms with Gasteiger partial charge in [0.05, 0.1) is 25.0 Å². The minimum absolute atomic E-state index is 0.0164. The van der Waals surface area contributed by atoms with Crippen LogP contribution in [0.15, 0.2) is 47.6 Å². The number of halogens is 1. The third-order valence-electron chi connectivity index (χ3n) is 8.39. The molecule has 0 unspecified atom stereocenters. The van der Waals surface area contributed by atoms with Crippen LogP contribution >= 0.6 is 11.6 Å². The Hall–Kier alpha value is -2.74. The summed E-state index contributed by atoms with van der Waals surface area (Å²) in [6.07, 6.45) is 4.59. The van der Waals surface area contributed by atoms with E-state index in [1.165, 1.54) is 11.1 Å². The molecular formula is C31H39ClN4O3. The van der Waals surface area contributed by atoms with Crippen molar-refractivity contribution in [2.24, 2.45) is 11.0 Å². The summed E-state index contributed by atoms with van der Waals surface area (Å²) < 4.78 is 5.48. The molecule has 5 rings (SSSR count). The minimum atomic E-state index is -0.242. The standard InChI is InChI=1S/C31H39ClN4O3/c1-22-7-8-26(19-23(22)2)28-20-29(24-9-11-27(32)12-10-24)36(33-28)30(37)21-35(31(38)25-5-3-4-6-25)14-13-34-15-17-39-18-16-34/h7-12,19,25,29H,3-6,13-18,20-21H2,1-2H3/t29-/m0/s1. The summed E-state index contributed by atoms with van der Waals surface area (Å²) in [6, 6.07) is 13.7.